The lowest BCUT2D eigenvalue weighted by molar-refractivity contribution is 0.582. The van der Waals surface area contributed by atoms with E-state index >= 15 is 0 Å². The maximum atomic E-state index is 7.41. The third-order valence-electron chi connectivity index (χ3n) is 2.06. The molecule has 0 spiro atoms. The van der Waals surface area contributed by atoms with Crippen LogP contribution < -0.4 is 10.2 Å². The summed E-state index contributed by atoms with van der Waals surface area (Å²) in [6.07, 6.45) is 0. The van der Waals surface area contributed by atoms with Gasteiger partial charge >= 0.3 is 0 Å². The van der Waals surface area contributed by atoms with E-state index in [4.69, 9.17) is 22.7 Å². The quantitative estimate of drug-likeness (QED) is 0.404. The Kier molecular flexibility index (Phi) is 2.59. The largest absolute Gasteiger partial charge is 0.338 e. The topological polar surface area (TPSA) is 49.9 Å². The molecule has 0 aliphatic rings. The molecule has 0 aromatic heterocycles. The van der Waals surface area contributed by atoms with Crippen LogP contribution in [0, 0.1) is 5.41 Å². The van der Waals surface area contributed by atoms with Crippen LogP contribution in [0.2, 0.25) is 5.02 Å². The van der Waals surface area contributed by atoms with Crippen molar-refractivity contribution in [3.8, 4) is 0 Å². The standard InChI is InChI=1S/C9H13ClN3/c1-13(2,9(11)12)8-5-3-4-7(10)6-8/h3-6H,1-2H3,(H3,11,12)/q+1. The number of nitrogens with zero attached hydrogens (tertiary/aromatic N) is 1. The molecule has 0 unspecified atom stereocenters. The Morgan fingerprint density at radius 2 is 2.08 bits per heavy atom. The van der Waals surface area contributed by atoms with Crippen molar-refractivity contribution in [1.29, 1.82) is 5.41 Å². The Labute approximate surface area is 82.8 Å². The molecule has 0 atom stereocenters. The van der Waals surface area contributed by atoms with E-state index in [0.717, 1.165) is 5.69 Å². The van der Waals surface area contributed by atoms with Crippen molar-refractivity contribution < 1.29 is 0 Å². The van der Waals surface area contributed by atoms with Crippen molar-refractivity contribution in [2.75, 3.05) is 14.1 Å². The van der Waals surface area contributed by atoms with Gasteiger partial charge in [-0.1, -0.05) is 17.7 Å². The minimum atomic E-state index is 0.0854. The highest BCUT2D eigenvalue weighted by molar-refractivity contribution is 6.30. The van der Waals surface area contributed by atoms with Crippen LogP contribution in [-0.4, -0.2) is 20.1 Å². The van der Waals surface area contributed by atoms with E-state index in [9.17, 15) is 0 Å². The van der Waals surface area contributed by atoms with Crippen molar-refractivity contribution in [2.24, 2.45) is 5.73 Å². The number of nitrogens with two attached hydrogens (primary N) is 1. The maximum Gasteiger partial charge on any atom is 0.296 e. The number of rotatable bonds is 1. The van der Waals surface area contributed by atoms with Gasteiger partial charge in [-0.25, -0.2) is 9.89 Å². The van der Waals surface area contributed by atoms with Gasteiger partial charge in [0.15, 0.2) is 0 Å². The number of hydrogen-bond donors (Lipinski definition) is 2. The first-order valence-electron chi connectivity index (χ1n) is 3.89. The zero-order valence-electron chi connectivity index (χ0n) is 7.71. The molecule has 13 heavy (non-hydrogen) atoms. The number of halogens is 1. The molecule has 1 aromatic carbocycles. The fourth-order valence-corrected chi connectivity index (χ4v) is 1.15. The van der Waals surface area contributed by atoms with Gasteiger partial charge in [0.1, 0.15) is 5.69 Å². The van der Waals surface area contributed by atoms with Crippen LogP contribution in [0.3, 0.4) is 0 Å². The highest BCUT2D eigenvalue weighted by atomic mass is 35.5. The first-order chi connectivity index (χ1) is 5.94. The van der Waals surface area contributed by atoms with Crippen molar-refractivity contribution in [1.82, 2.24) is 4.48 Å². The normalized spacial score (nSPS) is 11.3. The number of nitrogens with one attached hydrogen (secondary N) is 1. The van der Waals surface area contributed by atoms with E-state index in [1.54, 1.807) is 6.07 Å². The zero-order chi connectivity index (χ0) is 10.1. The van der Waals surface area contributed by atoms with Gasteiger partial charge in [-0.3, -0.25) is 0 Å². The summed E-state index contributed by atoms with van der Waals surface area (Å²) < 4.78 is 0.223. The molecule has 0 aliphatic heterocycles. The highest BCUT2D eigenvalue weighted by Gasteiger charge is 2.23. The summed E-state index contributed by atoms with van der Waals surface area (Å²) in [5.41, 5.74) is 6.37. The monoisotopic (exact) mass is 198 g/mol. The molecule has 70 valence electrons. The minimum Gasteiger partial charge on any atom is -0.338 e. The van der Waals surface area contributed by atoms with Crippen LogP contribution in [0.1, 0.15) is 0 Å². The average molecular weight is 199 g/mol. The molecular weight excluding hydrogens is 186 g/mol. The predicted octanol–water partition coefficient (Wildman–Crippen LogP) is 1.80. The van der Waals surface area contributed by atoms with E-state index in [0.29, 0.717) is 5.02 Å². The highest BCUT2D eigenvalue weighted by Crippen LogP contribution is 2.22. The fourth-order valence-electron chi connectivity index (χ4n) is 0.963. The minimum absolute atomic E-state index is 0.0854. The molecule has 0 fully saturated rings. The SMILES string of the molecule is C[N+](C)(C(=N)N)c1cccc(Cl)c1. The zero-order valence-corrected chi connectivity index (χ0v) is 8.47. The van der Waals surface area contributed by atoms with Crippen molar-refractivity contribution in [3.05, 3.63) is 29.3 Å². The summed E-state index contributed by atoms with van der Waals surface area (Å²) in [4.78, 5) is 0. The van der Waals surface area contributed by atoms with E-state index in [1.165, 1.54) is 0 Å². The Hall–Kier alpha value is -1.06. The van der Waals surface area contributed by atoms with E-state index in [1.807, 2.05) is 32.3 Å². The smallest absolute Gasteiger partial charge is 0.296 e. The third-order valence-corrected chi connectivity index (χ3v) is 2.29. The lowest BCUT2D eigenvalue weighted by atomic mass is 10.3. The molecule has 1 rings (SSSR count). The molecule has 0 amide bonds. The van der Waals surface area contributed by atoms with E-state index in [2.05, 4.69) is 0 Å². The molecule has 0 radical (unpaired) electrons. The Bertz CT molecular complexity index is 333. The maximum absolute atomic E-state index is 7.41. The van der Waals surface area contributed by atoms with Crippen LogP contribution in [0.5, 0.6) is 0 Å². The molecule has 0 bridgehead atoms. The summed E-state index contributed by atoms with van der Waals surface area (Å²) in [6.45, 7) is 0. The molecule has 0 aliphatic carbocycles. The number of hydrogen-bond acceptors (Lipinski definition) is 1. The van der Waals surface area contributed by atoms with Gasteiger partial charge in [-0.2, -0.15) is 0 Å². The van der Waals surface area contributed by atoms with E-state index < -0.39 is 0 Å². The average Bonchev–Trinajstić information content (AvgIpc) is 2.04. The molecule has 0 heterocycles. The third kappa shape index (κ3) is 1.99. The van der Waals surface area contributed by atoms with Crippen LogP contribution >= 0.6 is 11.6 Å². The summed E-state index contributed by atoms with van der Waals surface area (Å²) in [7, 11) is 3.68. The summed E-state index contributed by atoms with van der Waals surface area (Å²) >= 11 is 5.83. The van der Waals surface area contributed by atoms with Crippen LogP contribution in [0.25, 0.3) is 0 Å². The van der Waals surface area contributed by atoms with Crippen LogP contribution in [0.15, 0.2) is 24.3 Å². The second-order valence-corrected chi connectivity index (χ2v) is 3.75. The van der Waals surface area contributed by atoms with Crippen molar-refractivity contribution in [3.63, 3.8) is 0 Å². The molecule has 4 heteroatoms. The molecule has 3 N–H and O–H groups in total. The Balaban J connectivity index is 3.14. The van der Waals surface area contributed by atoms with Crippen molar-refractivity contribution in [2.45, 2.75) is 0 Å². The fraction of sp³-hybridized carbons (Fsp3) is 0.222. The predicted molar refractivity (Wildman–Crippen MR) is 57.0 cm³/mol. The van der Waals surface area contributed by atoms with Gasteiger partial charge in [0.25, 0.3) is 5.96 Å². The first kappa shape index (κ1) is 10.0. The summed E-state index contributed by atoms with van der Waals surface area (Å²) in [5.74, 6) is 0.0854. The number of benzene rings is 1. The first-order valence-corrected chi connectivity index (χ1v) is 4.27. The van der Waals surface area contributed by atoms with Gasteiger partial charge in [-0.15, -0.1) is 0 Å². The van der Waals surface area contributed by atoms with E-state index in [-0.39, 0.29) is 10.4 Å². The van der Waals surface area contributed by atoms with Gasteiger partial charge < -0.3 is 5.73 Å². The molecular formula is C9H13ClN3+. The summed E-state index contributed by atoms with van der Waals surface area (Å²) in [6, 6.07) is 7.35. The van der Waals surface area contributed by atoms with Gasteiger partial charge in [0.05, 0.1) is 14.1 Å². The number of guanidine groups is 1. The van der Waals surface area contributed by atoms with Crippen LogP contribution in [-0.2, 0) is 0 Å². The van der Waals surface area contributed by atoms with Crippen molar-refractivity contribution >= 4 is 23.2 Å². The number of quaternary nitrogens is 1. The molecule has 1 aromatic rings. The van der Waals surface area contributed by atoms with Crippen LogP contribution in [0.4, 0.5) is 5.69 Å². The second kappa shape index (κ2) is 3.36. The lowest BCUT2D eigenvalue weighted by Gasteiger charge is -2.25. The van der Waals surface area contributed by atoms with Gasteiger partial charge in [0, 0.05) is 11.1 Å². The molecule has 3 nitrogen and oxygen atoms in total. The Morgan fingerprint density at radius 1 is 1.46 bits per heavy atom. The lowest BCUT2D eigenvalue weighted by Crippen LogP contribution is -2.50. The van der Waals surface area contributed by atoms with Gasteiger partial charge in [0.2, 0.25) is 0 Å². The Morgan fingerprint density at radius 3 is 2.54 bits per heavy atom. The molecule has 0 saturated heterocycles. The second-order valence-electron chi connectivity index (χ2n) is 3.32. The van der Waals surface area contributed by atoms with Gasteiger partial charge in [-0.05, 0) is 12.1 Å². The summed E-state index contributed by atoms with van der Waals surface area (Å²) in [5, 5.41) is 8.07. The molecule has 0 saturated carbocycles.